The maximum absolute atomic E-state index is 14.0. The second-order valence-corrected chi connectivity index (χ2v) is 7.89. The average molecular weight is 353 g/mol. The molecule has 128 valence electrons. The SMILES string of the molecule is C[NH+]1CCN(S(=O)(=O)c2cc(F)ccc2F)[C@H](c2ccccc2)C1. The van der Waals surface area contributed by atoms with Crippen LogP contribution in [0.1, 0.15) is 11.6 Å². The lowest BCUT2D eigenvalue weighted by atomic mass is 10.1. The summed E-state index contributed by atoms with van der Waals surface area (Å²) >= 11 is 0. The molecule has 0 aromatic heterocycles. The zero-order valence-corrected chi connectivity index (χ0v) is 14.1. The molecule has 1 fully saturated rings. The Bertz CT molecular complexity index is 828. The van der Waals surface area contributed by atoms with Gasteiger partial charge in [-0.25, -0.2) is 17.2 Å². The molecule has 3 rings (SSSR count). The monoisotopic (exact) mass is 353 g/mol. The van der Waals surface area contributed by atoms with Gasteiger partial charge in [0.2, 0.25) is 10.0 Å². The number of hydrogen-bond donors (Lipinski definition) is 1. The number of halogens is 2. The van der Waals surface area contributed by atoms with Crippen LogP contribution in [-0.2, 0) is 10.0 Å². The Morgan fingerprint density at radius 1 is 1.12 bits per heavy atom. The van der Waals surface area contributed by atoms with E-state index in [1.807, 2.05) is 37.4 Å². The van der Waals surface area contributed by atoms with Crippen molar-refractivity contribution < 1.29 is 22.1 Å². The minimum Gasteiger partial charge on any atom is -0.335 e. The summed E-state index contributed by atoms with van der Waals surface area (Å²) in [7, 11) is -2.14. The van der Waals surface area contributed by atoms with E-state index in [-0.39, 0.29) is 6.54 Å². The fourth-order valence-electron chi connectivity index (χ4n) is 3.04. The molecule has 0 amide bonds. The minimum absolute atomic E-state index is 0.254. The summed E-state index contributed by atoms with van der Waals surface area (Å²) in [4.78, 5) is 0.581. The van der Waals surface area contributed by atoms with E-state index in [0.717, 1.165) is 23.8 Å². The standard InChI is InChI=1S/C17H18F2N2O2S/c1-20-9-10-21(16(12-20)13-5-3-2-4-6-13)24(22,23)17-11-14(18)7-8-15(17)19/h2-8,11,16H,9-10,12H2,1H3/p+1/t16-/m0/s1. The Labute approximate surface area is 140 Å². The van der Waals surface area contributed by atoms with E-state index in [0.29, 0.717) is 13.1 Å². The molecule has 0 aliphatic carbocycles. The molecule has 1 N–H and O–H groups in total. The van der Waals surface area contributed by atoms with Crippen LogP contribution in [0.4, 0.5) is 8.78 Å². The normalized spacial score (nSPS) is 22.5. The van der Waals surface area contributed by atoms with Gasteiger partial charge in [-0.05, 0) is 23.8 Å². The molecule has 1 unspecified atom stereocenters. The lowest BCUT2D eigenvalue weighted by molar-refractivity contribution is -0.887. The van der Waals surface area contributed by atoms with E-state index >= 15 is 0 Å². The van der Waals surface area contributed by atoms with Gasteiger partial charge in [-0.3, -0.25) is 0 Å². The zero-order chi connectivity index (χ0) is 17.3. The van der Waals surface area contributed by atoms with Gasteiger partial charge in [-0.15, -0.1) is 0 Å². The number of hydrogen-bond acceptors (Lipinski definition) is 2. The van der Waals surface area contributed by atoms with E-state index in [4.69, 9.17) is 0 Å². The predicted molar refractivity (Wildman–Crippen MR) is 86.1 cm³/mol. The van der Waals surface area contributed by atoms with Crippen LogP contribution >= 0.6 is 0 Å². The smallest absolute Gasteiger partial charge is 0.247 e. The van der Waals surface area contributed by atoms with Crippen LogP contribution in [0.5, 0.6) is 0 Å². The van der Waals surface area contributed by atoms with Crippen molar-refractivity contribution in [3.05, 3.63) is 65.7 Å². The predicted octanol–water partition coefficient (Wildman–Crippen LogP) is 1.23. The Hall–Kier alpha value is -1.83. The van der Waals surface area contributed by atoms with Gasteiger partial charge in [0.05, 0.1) is 32.7 Å². The van der Waals surface area contributed by atoms with Gasteiger partial charge in [0.25, 0.3) is 0 Å². The lowest BCUT2D eigenvalue weighted by Crippen LogP contribution is -3.12. The van der Waals surface area contributed by atoms with Crippen molar-refractivity contribution in [2.24, 2.45) is 0 Å². The average Bonchev–Trinajstić information content (AvgIpc) is 2.57. The summed E-state index contributed by atoms with van der Waals surface area (Å²) in [6.45, 7) is 1.43. The molecule has 2 aromatic rings. The molecule has 4 nitrogen and oxygen atoms in total. The van der Waals surface area contributed by atoms with Gasteiger partial charge in [0.1, 0.15) is 16.5 Å². The molecule has 0 bridgehead atoms. The molecule has 24 heavy (non-hydrogen) atoms. The van der Waals surface area contributed by atoms with Crippen LogP contribution in [0.15, 0.2) is 53.4 Å². The first kappa shape index (κ1) is 17.0. The van der Waals surface area contributed by atoms with E-state index in [1.54, 1.807) is 0 Å². The first-order valence-electron chi connectivity index (χ1n) is 7.73. The van der Waals surface area contributed by atoms with Crippen LogP contribution in [0, 0.1) is 11.6 Å². The molecule has 2 atom stereocenters. The van der Waals surface area contributed by atoms with Crippen molar-refractivity contribution in [1.82, 2.24) is 4.31 Å². The number of nitrogens with zero attached hydrogens (tertiary/aromatic N) is 1. The molecule has 2 aromatic carbocycles. The van der Waals surface area contributed by atoms with Crippen LogP contribution in [0.2, 0.25) is 0 Å². The molecular weight excluding hydrogens is 334 g/mol. The highest BCUT2D eigenvalue weighted by molar-refractivity contribution is 7.89. The van der Waals surface area contributed by atoms with Gasteiger partial charge in [0, 0.05) is 0 Å². The molecular formula is C17H19F2N2O2S+. The van der Waals surface area contributed by atoms with Crippen LogP contribution in [0.25, 0.3) is 0 Å². The number of sulfonamides is 1. The third-order valence-corrected chi connectivity index (χ3v) is 6.24. The van der Waals surface area contributed by atoms with Crippen LogP contribution in [0.3, 0.4) is 0 Å². The van der Waals surface area contributed by atoms with Crippen molar-refractivity contribution >= 4 is 10.0 Å². The number of nitrogens with one attached hydrogen (secondary N) is 1. The molecule has 0 spiro atoms. The quantitative estimate of drug-likeness (QED) is 0.902. The number of piperazine rings is 1. The molecule has 0 radical (unpaired) electrons. The summed E-state index contributed by atoms with van der Waals surface area (Å²) in [5.74, 6) is -1.71. The summed E-state index contributed by atoms with van der Waals surface area (Å²) < 4.78 is 54.7. The van der Waals surface area contributed by atoms with Crippen molar-refractivity contribution in [2.75, 3.05) is 26.7 Å². The first-order valence-corrected chi connectivity index (χ1v) is 9.17. The first-order chi connectivity index (χ1) is 11.4. The Morgan fingerprint density at radius 2 is 1.83 bits per heavy atom. The molecule has 1 saturated heterocycles. The maximum atomic E-state index is 14.0. The van der Waals surface area contributed by atoms with E-state index < -0.39 is 32.6 Å². The Balaban J connectivity index is 2.05. The highest BCUT2D eigenvalue weighted by atomic mass is 32.2. The van der Waals surface area contributed by atoms with E-state index in [2.05, 4.69) is 0 Å². The third kappa shape index (κ3) is 3.19. The highest BCUT2D eigenvalue weighted by Gasteiger charge is 2.39. The van der Waals surface area contributed by atoms with E-state index in [9.17, 15) is 17.2 Å². The maximum Gasteiger partial charge on any atom is 0.247 e. The molecule has 7 heteroatoms. The number of rotatable bonds is 3. The second-order valence-electron chi connectivity index (χ2n) is 6.03. The van der Waals surface area contributed by atoms with Gasteiger partial charge < -0.3 is 4.90 Å². The van der Waals surface area contributed by atoms with Crippen molar-refractivity contribution in [2.45, 2.75) is 10.9 Å². The number of benzene rings is 2. The van der Waals surface area contributed by atoms with Gasteiger partial charge in [-0.2, -0.15) is 4.31 Å². The summed E-state index contributed by atoms with van der Waals surface area (Å²) in [5.41, 5.74) is 0.844. The number of quaternary nitrogens is 1. The topological polar surface area (TPSA) is 41.8 Å². The Kier molecular flexibility index (Phi) is 4.67. The fourth-order valence-corrected chi connectivity index (χ4v) is 4.73. The summed E-state index contributed by atoms with van der Waals surface area (Å²) in [6, 6.07) is 11.3. The van der Waals surface area contributed by atoms with Crippen LogP contribution in [-0.4, -0.2) is 39.4 Å². The second kappa shape index (κ2) is 6.58. The third-order valence-electron chi connectivity index (χ3n) is 4.31. The largest absolute Gasteiger partial charge is 0.335 e. The zero-order valence-electron chi connectivity index (χ0n) is 13.2. The van der Waals surface area contributed by atoms with Crippen molar-refractivity contribution in [3.63, 3.8) is 0 Å². The number of likely N-dealkylation sites (N-methyl/N-ethyl adjacent to an activating group) is 1. The van der Waals surface area contributed by atoms with Crippen molar-refractivity contribution in [1.29, 1.82) is 0 Å². The molecule has 0 saturated carbocycles. The van der Waals surface area contributed by atoms with Gasteiger partial charge >= 0.3 is 0 Å². The summed E-state index contributed by atoms with van der Waals surface area (Å²) in [5, 5.41) is 0. The van der Waals surface area contributed by atoms with E-state index in [1.165, 1.54) is 9.21 Å². The van der Waals surface area contributed by atoms with Crippen LogP contribution < -0.4 is 4.90 Å². The summed E-state index contributed by atoms with van der Waals surface area (Å²) in [6.07, 6.45) is 0. The van der Waals surface area contributed by atoms with Gasteiger partial charge in [-0.1, -0.05) is 30.3 Å². The minimum atomic E-state index is -4.13. The molecule has 1 heterocycles. The fraction of sp³-hybridized carbons (Fsp3) is 0.294. The molecule has 1 aliphatic heterocycles. The Morgan fingerprint density at radius 3 is 2.54 bits per heavy atom. The van der Waals surface area contributed by atoms with Gasteiger partial charge in [0.15, 0.2) is 0 Å². The highest BCUT2D eigenvalue weighted by Crippen LogP contribution is 2.29. The van der Waals surface area contributed by atoms with Crippen molar-refractivity contribution in [3.8, 4) is 0 Å². The molecule has 1 aliphatic rings. The lowest BCUT2D eigenvalue weighted by Gasteiger charge is -2.37.